The van der Waals surface area contributed by atoms with E-state index < -0.39 is 9.84 Å². The summed E-state index contributed by atoms with van der Waals surface area (Å²) in [5.74, 6) is 0.121. The molecule has 1 heterocycles. The molecule has 27 heavy (non-hydrogen) atoms. The Balaban J connectivity index is 1.60. The molecule has 1 saturated heterocycles. The van der Waals surface area contributed by atoms with Gasteiger partial charge in [0.1, 0.15) is 5.75 Å². The lowest BCUT2D eigenvalue weighted by atomic mass is 10.1. The lowest BCUT2D eigenvalue weighted by molar-refractivity contribution is 0.0939. The molecule has 1 unspecified atom stereocenters. The van der Waals surface area contributed by atoms with Gasteiger partial charge in [-0.2, -0.15) is 0 Å². The van der Waals surface area contributed by atoms with Crippen molar-refractivity contribution in [2.24, 2.45) is 0 Å². The van der Waals surface area contributed by atoms with Gasteiger partial charge in [0.2, 0.25) is 0 Å². The van der Waals surface area contributed by atoms with Crippen LogP contribution in [0.3, 0.4) is 0 Å². The van der Waals surface area contributed by atoms with Crippen LogP contribution in [0.15, 0.2) is 48.5 Å². The fourth-order valence-electron chi connectivity index (χ4n) is 2.83. The number of hydrogen-bond acceptors (Lipinski definition) is 5. The highest BCUT2D eigenvalue weighted by Crippen LogP contribution is 2.16. The Hall–Kier alpha value is -2.87. The smallest absolute Gasteiger partial charge is 0.255 e. The minimum atomic E-state index is -3.05. The molecule has 2 amide bonds. The van der Waals surface area contributed by atoms with Gasteiger partial charge in [0.15, 0.2) is 9.84 Å². The summed E-state index contributed by atoms with van der Waals surface area (Å²) in [6.45, 7) is 0. The van der Waals surface area contributed by atoms with Crippen LogP contribution < -0.4 is 15.4 Å². The molecule has 8 heteroatoms. The molecule has 0 aromatic heterocycles. The predicted molar refractivity (Wildman–Crippen MR) is 102 cm³/mol. The second-order valence-corrected chi connectivity index (χ2v) is 8.56. The van der Waals surface area contributed by atoms with Crippen LogP contribution >= 0.6 is 0 Å². The van der Waals surface area contributed by atoms with E-state index in [0.29, 0.717) is 29.0 Å². The van der Waals surface area contributed by atoms with Crippen molar-refractivity contribution in [2.45, 2.75) is 12.5 Å². The van der Waals surface area contributed by atoms with Crippen molar-refractivity contribution in [3.63, 3.8) is 0 Å². The Morgan fingerprint density at radius 1 is 0.963 bits per heavy atom. The molecule has 0 radical (unpaired) electrons. The Morgan fingerprint density at radius 3 is 2.07 bits per heavy atom. The van der Waals surface area contributed by atoms with Gasteiger partial charge in [-0.15, -0.1) is 0 Å². The molecular formula is C19H20N2O5S. The third-order valence-corrected chi connectivity index (χ3v) is 6.09. The first kappa shape index (κ1) is 18.9. The number of amides is 2. The molecule has 142 valence electrons. The largest absolute Gasteiger partial charge is 0.497 e. The summed E-state index contributed by atoms with van der Waals surface area (Å²) in [5.41, 5.74) is 1.41. The fraction of sp³-hybridized carbons (Fsp3) is 0.263. The fourth-order valence-corrected chi connectivity index (χ4v) is 4.50. The maximum atomic E-state index is 12.3. The van der Waals surface area contributed by atoms with Crippen LogP contribution in [0.1, 0.15) is 27.1 Å². The first-order chi connectivity index (χ1) is 12.9. The summed E-state index contributed by atoms with van der Waals surface area (Å²) in [7, 11) is -1.48. The lowest BCUT2D eigenvalue weighted by Gasteiger charge is -2.11. The van der Waals surface area contributed by atoms with E-state index in [0.717, 1.165) is 0 Å². The number of anilines is 1. The Labute approximate surface area is 157 Å². The first-order valence-corrected chi connectivity index (χ1v) is 10.3. The molecule has 0 spiro atoms. The minimum Gasteiger partial charge on any atom is -0.497 e. The van der Waals surface area contributed by atoms with E-state index in [2.05, 4.69) is 10.6 Å². The molecule has 3 rings (SSSR count). The summed E-state index contributed by atoms with van der Waals surface area (Å²) in [6.07, 6.45) is 0.427. The molecule has 2 N–H and O–H groups in total. The highest BCUT2D eigenvalue weighted by Gasteiger charge is 2.29. The van der Waals surface area contributed by atoms with Crippen molar-refractivity contribution in [3.05, 3.63) is 59.7 Å². The molecule has 7 nitrogen and oxygen atoms in total. The van der Waals surface area contributed by atoms with Crippen molar-refractivity contribution in [3.8, 4) is 5.75 Å². The Bertz CT molecular complexity index is 937. The van der Waals surface area contributed by atoms with E-state index in [-0.39, 0.29) is 29.4 Å². The summed E-state index contributed by atoms with van der Waals surface area (Å²) in [4.78, 5) is 24.5. The number of ether oxygens (including phenoxy) is 1. The highest BCUT2D eigenvalue weighted by molar-refractivity contribution is 7.91. The third kappa shape index (κ3) is 4.85. The van der Waals surface area contributed by atoms with Gasteiger partial charge in [-0.05, 0) is 55.0 Å². The van der Waals surface area contributed by atoms with Gasteiger partial charge in [-0.25, -0.2) is 8.42 Å². The van der Waals surface area contributed by atoms with E-state index in [4.69, 9.17) is 4.74 Å². The monoisotopic (exact) mass is 388 g/mol. The van der Waals surface area contributed by atoms with Crippen LogP contribution in [-0.2, 0) is 9.84 Å². The maximum absolute atomic E-state index is 12.3. The number of nitrogens with one attached hydrogen (secondary N) is 2. The van der Waals surface area contributed by atoms with Gasteiger partial charge < -0.3 is 15.4 Å². The van der Waals surface area contributed by atoms with Crippen molar-refractivity contribution < 1.29 is 22.7 Å². The van der Waals surface area contributed by atoms with Gasteiger partial charge in [-0.3, -0.25) is 9.59 Å². The van der Waals surface area contributed by atoms with E-state index in [1.807, 2.05) is 0 Å². The summed E-state index contributed by atoms with van der Waals surface area (Å²) >= 11 is 0. The van der Waals surface area contributed by atoms with E-state index in [1.165, 1.54) is 0 Å². The SMILES string of the molecule is COc1ccc(NC(=O)c2ccc(C(=O)NC3CCS(=O)(=O)C3)cc2)cc1. The molecule has 2 aromatic carbocycles. The average molecular weight is 388 g/mol. The molecule has 1 aliphatic rings. The number of hydrogen-bond donors (Lipinski definition) is 2. The highest BCUT2D eigenvalue weighted by atomic mass is 32.2. The van der Waals surface area contributed by atoms with E-state index in [9.17, 15) is 18.0 Å². The molecule has 2 aromatic rings. The maximum Gasteiger partial charge on any atom is 0.255 e. The molecule has 0 saturated carbocycles. The number of carbonyl (C=O) groups excluding carboxylic acids is 2. The number of carbonyl (C=O) groups is 2. The number of benzene rings is 2. The minimum absolute atomic E-state index is 0.0267. The topological polar surface area (TPSA) is 102 Å². The Kier molecular flexibility index (Phi) is 5.46. The van der Waals surface area contributed by atoms with Gasteiger partial charge >= 0.3 is 0 Å². The van der Waals surface area contributed by atoms with Gasteiger partial charge in [0.05, 0.1) is 18.6 Å². The average Bonchev–Trinajstić information content (AvgIpc) is 3.00. The van der Waals surface area contributed by atoms with Crippen LogP contribution in [-0.4, -0.2) is 44.9 Å². The van der Waals surface area contributed by atoms with Crippen LogP contribution in [0.25, 0.3) is 0 Å². The summed E-state index contributed by atoms with van der Waals surface area (Å²) in [5, 5.41) is 5.48. The summed E-state index contributed by atoms with van der Waals surface area (Å²) < 4.78 is 28.0. The standard InChI is InChI=1S/C19H20N2O5S/c1-26-17-8-6-15(7-9-17)20-18(22)13-2-4-14(5-3-13)19(23)21-16-10-11-27(24,25)12-16/h2-9,16H,10-12H2,1H3,(H,20,22)(H,21,23). The van der Waals surface area contributed by atoms with Crippen molar-refractivity contribution in [1.82, 2.24) is 5.32 Å². The van der Waals surface area contributed by atoms with Crippen LogP contribution in [0.5, 0.6) is 5.75 Å². The van der Waals surface area contributed by atoms with Crippen molar-refractivity contribution >= 4 is 27.3 Å². The molecule has 1 fully saturated rings. The predicted octanol–water partition coefficient (Wildman–Crippen LogP) is 1.86. The van der Waals surface area contributed by atoms with Crippen LogP contribution in [0.2, 0.25) is 0 Å². The molecule has 0 aliphatic carbocycles. The first-order valence-electron chi connectivity index (χ1n) is 8.43. The third-order valence-electron chi connectivity index (χ3n) is 4.32. The van der Waals surface area contributed by atoms with E-state index in [1.54, 1.807) is 55.6 Å². The van der Waals surface area contributed by atoms with Crippen molar-refractivity contribution in [2.75, 3.05) is 23.9 Å². The number of sulfone groups is 1. The second kappa shape index (κ2) is 7.79. The quantitative estimate of drug-likeness (QED) is 0.814. The number of methoxy groups -OCH3 is 1. The normalized spacial score (nSPS) is 17.9. The summed E-state index contributed by atoms with van der Waals surface area (Å²) in [6, 6.07) is 12.8. The van der Waals surface area contributed by atoms with Gasteiger partial charge in [0, 0.05) is 22.9 Å². The Morgan fingerprint density at radius 2 is 1.56 bits per heavy atom. The lowest BCUT2D eigenvalue weighted by Crippen LogP contribution is -2.35. The van der Waals surface area contributed by atoms with Crippen LogP contribution in [0.4, 0.5) is 5.69 Å². The molecule has 1 aliphatic heterocycles. The zero-order chi connectivity index (χ0) is 19.4. The zero-order valence-electron chi connectivity index (χ0n) is 14.8. The van der Waals surface area contributed by atoms with Gasteiger partial charge in [0.25, 0.3) is 11.8 Å². The molecule has 0 bridgehead atoms. The van der Waals surface area contributed by atoms with E-state index >= 15 is 0 Å². The number of rotatable bonds is 5. The zero-order valence-corrected chi connectivity index (χ0v) is 15.6. The van der Waals surface area contributed by atoms with Gasteiger partial charge in [-0.1, -0.05) is 0 Å². The second-order valence-electron chi connectivity index (χ2n) is 6.33. The molecular weight excluding hydrogens is 368 g/mol. The van der Waals surface area contributed by atoms with Crippen molar-refractivity contribution in [1.29, 1.82) is 0 Å². The van der Waals surface area contributed by atoms with Crippen LogP contribution in [0, 0.1) is 0 Å². The molecule has 1 atom stereocenters.